The first-order valence-electron chi connectivity index (χ1n) is 11.2. The van der Waals surface area contributed by atoms with Gasteiger partial charge in [-0.25, -0.2) is 4.99 Å². The van der Waals surface area contributed by atoms with Crippen LogP contribution in [0.3, 0.4) is 0 Å². The predicted octanol–water partition coefficient (Wildman–Crippen LogP) is 4.16. The van der Waals surface area contributed by atoms with Crippen molar-refractivity contribution in [2.45, 2.75) is 46.2 Å². The number of nitrogens with one attached hydrogen (secondary N) is 2. The number of aromatic nitrogens is 3. The maximum atomic E-state index is 5.82. The van der Waals surface area contributed by atoms with Crippen LogP contribution in [0, 0.1) is 20.8 Å². The fourth-order valence-electron chi connectivity index (χ4n) is 4.09. The summed E-state index contributed by atoms with van der Waals surface area (Å²) in [5, 5.41) is 15.5. The highest BCUT2D eigenvalue weighted by Crippen LogP contribution is 2.31. The second-order valence-corrected chi connectivity index (χ2v) is 8.43. The molecule has 0 saturated carbocycles. The minimum atomic E-state index is 0. The van der Waals surface area contributed by atoms with Crippen LogP contribution in [0.4, 0.5) is 0 Å². The Balaban J connectivity index is 0.00000306. The Labute approximate surface area is 213 Å². The lowest BCUT2D eigenvalue weighted by molar-refractivity contribution is 0.261. The van der Waals surface area contributed by atoms with Gasteiger partial charge < -0.3 is 19.9 Å². The van der Waals surface area contributed by atoms with Gasteiger partial charge in [0.1, 0.15) is 18.1 Å². The SMILES string of the molecule is Cc1cc(C)cc(CCNC(=NCc2nnc(C)n2C)NC2CCOc3ccccc32)c1.I. The Morgan fingerprint density at radius 1 is 1.12 bits per heavy atom. The van der Waals surface area contributed by atoms with Crippen LogP contribution >= 0.6 is 24.0 Å². The van der Waals surface area contributed by atoms with E-state index in [4.69, 9.17) is 9.73 Å². The van der Waals surface area contributed by atoms with Crippen molar-refractivity contribution < 1.29 is 4.74 Å². The van der Waals surface area contributed by atoms with E-state index < -0.39 is 0 Å². The molecular formula is C25H33IN6O. The quantitative estimate of drug-likeness (QED) is 0.269. The normalized spacial score (nSPS) is 15.3. The summed E-state index contributed by atoms with van der Waals surface area (Å²) >= 11 is 0. The highest BCUT2D eigenvalue weighted by atomic mass is 127. The molecule has 0 bridgehead atoms. The fraction of sp³-hybridized carbons (Fsp3) is 0.400. The van der Waals surface area contributed by atoms with Gasteiger partial charge in [-0.05, 0) is 38.8 Å². The summed E-state index contributed by atoms with van der Waals surface area (Å²) in [7, 11) is 1.97. The second kappa shape index (κ2) is 11.5. The molecule has 2 heterocycles. The Morgan fingerprint density at radius 2 is 1.88 bits per heavy atom. The lowest BCUT2D eigenvalue weighted by Gasteiger charge is -2.28. The molecular weight excluding hydrogens is 527 g/mol. The average Bonchev–Trinajstić information content (AvgIpc) is 3.09. The number of hydrogen-bond acceptors (Lipinski definition) is 4. The third kappa shape index (κ3) is 6.46. The zero-order chi connectivity index (χ0) is 22.5. The molecule has 8 heteroatoms. The first-order valence-corrected chi connectivity index (χ1v) is 11.2. The van der Waals surface area contributed by atoms with Crippen molar-refractivity contribution in [2.75, 3.05) is 13.2 Å². The topological polar surface area (TPSA) is 76.4 Å². The average molecular weight is 560 g/mol. The summed E-state index contributed by atoms with van der Waals surface area (Å²) in [4.78, 5) is 4.83. The van der Waals surface area contributed by atoms with Gasteiger partial charge in [0.25, 0.3) is 0 Å². The summed E-state index contributed by atoms with van der Waals surface area (Å²) in [6, 6.07) is 15.0. The summed E-state index contributed by atoms with van der Waals surface area (Å²) in [5.74, 6) is 3.43. The number of aryl methyl sites for hydroxylation is 3. The van der Waals surface area contributed by atoms with E-state index in [9.17, 15) is 0 Å². The van der Waals surface area contributed by atoms with Gasteiger partial charge in [-0.15, -0.1) is 34.2 Å². The molecule has 1 atom stereocenters. The van der Waals surface area contributed by atoms with Gasteiger partial charge in [-0.2, -0.15) is 0 Å². The molecule has 7 nitrogen and oxygen atoms in total. The van der Waals surface area contributed by atoms with Gasteiger partial charge in [0.05, 0.1) is 12.6 Å². The van der Waals surface area contributed by atoms with Gasteiger partial charge in [-0.3, -0.25) is 0 Å². The van der Waals surface area contributed by atoms with E-state index >= 15 is 0 Å². The lowest BCUT2D eigenvalue weighted by Crippen LogP contribution is -2.42. The van der Waals surface area contributed by atoms with Crippen LogP contribution in [0.2, 0.25) is 0 Å². The minimum absolute atomic E-state index is 0. The molecule has 1 unspecified atom stereocenters. The Bertz CT molecular complexity index is 1090. The monoisotopic (exact) mass is 560 g/mol. The van der Waals surface area contributed by atoms with Gasteiger partial charge >= 0.3 is 0 Å². The van der Waals surface area contributed by atoms with Crippen molar-refractivity contribution in [2.24, 2.45) is 12.0 Å². The molecule has 2 aromatic carbocycles. The van der Waals surface area contributed by atoms with E-state index in [0.29, 0.717) is 13.2 Å². The summed E-state index contributed by atoms with van der Waals surface area (Å²) in [6.07, 6.45) is 1.81. The standard InChI is InChI=1S/C25H32N6O.HI/c1-17-13-18(2)15-20(14-17)9-11-26-25(27-16-24-30-29-19(3)31(24)4)28-22-10-12-32-23-8-6-5-7-21(22)23;/h5-8,13-15,22H,9-12,16H2,1-4H3,(H2,26,27,28);1H. The number of fused-ring (bicyclic) bond motifs is 1. The van der Waals surface area contributed by atoms with Crippen LogP contribution in [-0.2, 0) is 20.0 Å². The van der Waals surface area contributed by atoms with E-state index in [-0.39, 0.29) is 30.0 Å². The third-order valence-electron chi connectivity index (χ3n) is 5.82. The number of aliphatic imine (C=N–C) groups is 1. The van der Waals surface area contributed by atoms with E-state index in [2.05, 4.69) is 65.0 Å². The maximum absolute atomic E-state index is 5.82. The van der Waals surface area contributed by atoms with E-state index in [1.807, 2.05) is 30.7 Å². The van der Waals surface area contributed by atoms with Gasteiger partial charge in [0.15, 0.2) is 11.8 Å². The van der Waals surface area contributed by atoms with Crippen molar-refractivity contribution in [1.29, 1.82) is 0 Å². The number of rotatable bonds is 6. The van der Waals surface area contributed by atoms with Gasteiger partial charge in [0.2, 0.25) is 0 Å². The molecule has 1 aliphatic rings. The molecule has 0 spiro atoms. The van der Waals surface area contributed by atoms with E-state index in [1.165, 1.54) is 16.7 Å². The Hall–Kier alpha value is -2.62. The van der Waals surface area contributed by atoms with Crippen LogP contribution < -0.4 is 15.4 Å². The van der Waals surface area contributed by atoms with E-state index in [0.717, 1.165) is 48.3 Å². The molecule has 0 amide bonds. The highest BCUT2D eigenvalue weighted by molar-refractivity contribution is 14.0. The molecule has 3 aromatic rings. The zero-order valence-corrected chi connectivity index (χ0v) is 22.1. The van der Waals surface area contributed by atoms with E-state index in [1.54, 1.807) is 0 Å². The molecule has 33 heavy (non-hydrogen) atoms. The van der Waals surface area contributed by atoms with Gasteiger partial charge in [0, 0.05) is 25.6 Å². The smallest absolute Gasteiger partial charge is 0.192 e. The molecule has 0 aliphatic carbocycles. The second-order valence-electron chi connectivity index (χ2n) is 8.43. The molecule has 176 valence electrons. The number of ether oxygens (including phenoxy) is 1. The van der Waals surface area contributed by atoms with Crippen LogP contribution in [0.1, 0.15) is 46.4 Å². The Kier molecular flexibility index (Phi) is 8.71. The van der Waals surface area contributed by atoms with Crippen molar-refractivity contribution in [3.8, 4) is 5.75 Å². The third-order valence-corrected chi connectivity index (χ3v) is 5.82. The summed E-state index contributed by atoms with van der Waals surface area (Å²) < 4.78 is 7.80. The van der Waals surface area contributed by atoms with Crippen molar-refractivity contribution in [3.05, 3.63) is 76.4 Å². The molecule has 0 radical (unpaired) electrons. The fourth-order valence-corrected chi connectivity index (χ4v) is 4.09. The van der Waals surface area contributed by atoms with Crippen LogP contribution in [-0.4, -0.2) is 33.9 Å². The largest absolute Gasteiger partial charge is 0.493 e. The number of benzene rings is 2. The molecule has 0 saturated heterocycles. The first kappa shape index (κ1) is 25.0. The number of guanidine groups is 1. The van der Waals surface area contributed by atoms with Crippen LogP contribution in [0.25, 0.3) is 0 Å². The zero-order valence-electron chi connectivity index (χ0n) is 19.8. The molecule has 4 rings (SSSR count). The number of halogens is 1. The van der Waals surface area contributed by atoms with Crippen molar-refractivity contribution in [3.63, 3.8) is 0 Å². The van der Waals surface area contributed by atoms with Crippen molar-refractivity contribution in [1.82, 2.24) is 25.4 Å². The van der Waals surface area contributed by atoms with Gasteiger partial charge in [-0.1, -0.05) is 47.5 Å². The number of nitrogens with zero attached hydrogens (tertiary/aromatic N) is 4. The van der Waals surface area contributed by atoms with Crippen LogP contribution in [0.15, 0.2) is 47.5 Å². The molecule has 1 aromatic heterocycles. The Morgan fingerprint density at radius 3 is 2.61 bits per heavy atom. The summed E-state index contributed by atoms with van der Waals surface area (Å²) in [5.41, 5.74) is 5.08. The molecule has 2 N–H and O–H groups in total. The highest BCUT2D eigenvalue weighted by Gasteiger charge is 2.22. The van der Waals surface area contributed by atoms with Crippen molar-refractivity contribution >= 4 is 29.9 Å². The lowest BCUT2D eigenvalue weighted by atomic mass is 10.0. The number of hydrogen-bond donors (Lipinski definition) is 2. The molecule has 0 fully saturated rings. The maximum Gasteiger partial charge on any atom is 0.192 e. The summed E-state index contributed by atoms with van der Waals surface area (Å²) in [6.45, 7) is 8.17. The van der Waals surface area contributed by atoms with Crippen LogP contribution in [0.5, 0.6) is 5.75 Å². The molecule has 1 aliphatic heterocycles. The minimum Gasteiger partial charge on any atom is -0.493 e. The first-order chi connectivity index (χ1) is 15.5. The number of para-hydroxylation sites is 1. The predicted molar refractivity (Wildman–Crippen MR) is 142 cm³/mol.